The van der Waals surface area contributed by atoms with Crippen LogP contribution >= 0.6 is 0 Å². The van der Waals surface area contributed by atoms with Crippen LogP contribution in [0.4, 0.5) is 5.69 Å². The maximum atomic E-state index is 13.1. The molecule has 1 atom stereocenters. The number of hydrogen-bond acceptors (Lipinski definition) is 5. The van der Waals surface area contributed by atoms with Gasteiger partial charge in [-0.25, -0.2) is 9.97 Å². The number of amides is 2. The Balaban J connectivity index is 1.54. The number of ether oxygens (including phenoxy) is 1. The molecule has 3 aromatic rings. The molecular formula is C22H25N5O3. The van der Waals surface area contributed by atoms with Crippen LogP contribution in [0.25, 0.3) is 11.2 Å². The summed E-state index contributed by atoms with van der Waals surface area (Å²) in [4.78, 5) is 38.2. The number of pyridine rings is 1. The van der Waals surface area contributed by atoms with E-state index in [1.165, 1.54) is 0 Å². The van der Waals surface area contributed by atoms with Gasteiger partial charge in [-0.05, 0) is 51.1 Å². The van der Waals surface area contributed by atoms with Crippen LogP contribution < -0.4 is 9.64 Å². The van der Waals surface area contributed by atoms with E-state index in [9.17, 15) is 9.59 Å². The van der Waals surface area contributed by atoms with E-state index in [1.807, 2.05) is 28.8 Å². The predicted octanol–water partition coefficient (Wildman–Crippen LogP) is 2.90. The fourth-order valence-electron chi connectivity index (χ4n) is 3.75. The molecule has 0 saturated carbocycles. The first-order valence-electron chi connectivity index (χ1n) is 9.99. The molecule has 1 fully saturated rings. The molecule has 3 heterocycles. The summed E-state index contributed by atoms with van der Waals surface area (Å²) in [6.07, 6.45) is 3.30. The SMILES string of the molecule is COc1ccc(N2CCN(C(=O)c3cnc4c(c3)ncn4C(C)C)C(C)C2=O)cc1. The Morgan fingerprint density at radius 1 is 1.17 bits per heavy atom. The quantitative estimate of drug-likeness (QED) is 0.664. The minimum atomic E-state index is -0.572. The average Bonchev–Trinajstić information content (AvgIpc) is 3.19. The number of carbonyl (C=O) groups excluding carboxylic acids is 2. The van der Waals surface area contributed by atoms with Crippen molar-refractivity contribution in [3.05, 3.63) is 48.4 Å². The van der Waals surface area contributed by atoms with Crippen LogP contribution in [0.1, 0.15) is 37.2 Å². The van der Waals surface area contributed by atoms with Gasteiger partial charge in [0.1, 0.15) is 17.3 Å². The molecule has 0 bridgehead atoms. The van der Waals surface area contributed by atoms with Gasteiger partial charge in [0.15, 0.2) is 5.65 Å². The van der Waals surface area contributed by atoms with Crippen LogP contribution in [0.15, 0.2) is 42.9 Å². The predicted molar refractivity (Wildman–Crippen MR) is 114 cm³/mol. The second-order valence-electron chi connectivity index (χ2n) is 7.67. The van der Waals surface area contributed by atoms with E-state index >= 15 is 0 Å². The van der Waals surface area contributed by atoms with Crippen molar-refractivity contribution >= 4 is 28.7 Å². The summed E-state index contributed by atoms with van der Waals surface area (Å²) < 4.78 is 7.14. The lowest BCUT2D eigenvalue weighted by Crippen LogP contribution is -2.57. The zero-order chi connectivity index (χ0) is 21.4. The summed E-state index contributed by atoms with van der Waals surface area (Å²) in [5, 5.41) is 0. The molecule has 8 heteroatoms. The summed E-state index contributed by atoms with van der Waals surface area (Å²) in [5.74, 6) is 0.410. The van der Waals surface area contributed by atoms with Gasteiger partial charge in [0, 0.05) is 31.0 Å². The van der Waals surface area contributed by atoms with E-state index in [4.69, 9.17) is 4.74 Å². The standard InChI is InChI=1S/C22H25N5O3/c1-14(2)27-13-24-19-11-16(12-23-20(19)27)22(29)25-9-10-26(21(28)15(25)3)17-5-7-18(30-4)8-6-17/h5-8,11-15H,9-10H2,1-4H3. The highest BCUT2D eigenvalue weighted by Crippen LogP contribution is 2.25. The van der Waals surface area contributed by atoms with Gasteiger partial charge in [-0.1, -0.05) is 0 Å². The van der Waals surface area contributed by atoms with E-state index in [0.29, 0.717) is 24.2 Å². The van der Waals surface area contributed by atoms with Gasteiger partial charge >= 0.3 is 0 Å². The van der Waals surface area contributed by atoms with Gasteiger partial charge in [-0.15, -0.1) is 0 Å². The molecule has 4 rings (SSSR count). The largest absolute Gasteiger partial charge is 0.497 e. The van der Waals surface area contributed by atoms with Crippen LogP contribution in [-0.2, 0) is 4.79 Å². The molecule has 0 aliphatic carbocycles. The molecule has 0 N–H and O–H groups in total. The molecule has 1 aromatic carbocycles. The monoisotopic (exact) mass is 407 g/mol. The topological polar surface area (TPSA) is 80.6 Å². The zero-order valence-corrected chi connectivity index (χ0v) is 17.6. The fraction of sp³-hybridized carbons (Fsp3) is 0.364. The highest BCUT2D eigenvalue weighted by molar-refractivity contribution is 6.04. The Bertz CT molecular complexity index is 1090. The van der Waals surface area contributed by atoms with Crippen molar-refractivity contribution < 1.29 is 14.3 Å². The normalized spacial score (nSPS) is 17.1. The number of hydrogen-bond donors (Lipinski definition) is 0. The average molecular weight is 407 g/mol. The molecular weight excluding hydrogens is 382 g/mol. The molecule has 1 unspecified atom stereocenters. The molecule has 1 aliphatic heterocycles. The Morgan fingerprint density at radius 3 is 2.57 bits per heavy atom. The van der Waals surface area contributed by atoms with Crippen molar-refractivity contribution in [2.24, 2.45) is 0 Å². The van der Waals surface area contributed by atoms with Crippen LogP contribution in [-0.4, -0.2) is 57.5 Å². The third-order valence-electron chi connectivity index (χ3n) is 5.52. The van der Waals surface area contributed by atoms with Crippen molar-refractivity contribution in [2.45, 2.75) is 32.9 Å². The summed E-state index contributed by atoms with van der Waals surface area (Å²) in [6.45, 7) is 6.74. The minimum Gasteiger partial charge on any atom is -0.497 e. The van der Waals surface area contributed by atoms with Crippen molar-refractivity contribution in [1.82, 2.24) is 19.4 Å². The fourth-order valence-corrected chi connectivity index (χ4v) is 3.75. The third kappa shape index (κ3) is 3.38. The van der Waals surface area contributed by atoms with Crippen molar-refractivity contribution in [3.8, 4) is 5.75 Å². The van der Waals surface area contributed by atoms with E-state index in [0.717, 1.165) is 17.1 Å². The first kappa shape index (κ1) is 19.9. The maximum absolute atomic E-state index is 13.1. The van der Waals surface area contributed by atoms with Gasteiger partial charge in [0.2, 0.25) is 5.91 Å². The lowest BCUT2D eigenvalue weighted by molar-refractivity contribution is -0.124. The molecule has 0 spiro atoms. The Hall–Kier alpha value is -3.42. The van der Waals surface area contributed by atoms with Gasteiger partial charge in [0.05, 0.1) is 19.0 Å². The van der Waals surface area contributed by atoms with E-state index < -0.39 is 6.04 Å². The van der Waals surface area contributed by atoms with Crippen LogP contribution in [0.5, 0.6) is 5.75 Å². The highest BCUT2D eigenvalue weighted by Gasteiger charge is 2.35. The number of aromatic nitrogens is 3. The van der Waals surface area contributed by atoms with Crippen molar-refractivity contribution in [3.63, 3.8) is 0 Å². The number of rotatable bonds is 4. The van der Waals surface area contributed by atoms with Gasteiger partial charge in [0.25, 0.3) is 5.91 Å². The number of anilines is 1. The second-order valence-corrected chi connectivity index (χ2v) is 7.67. The van der Waals surface area contributed by atoms with E-state index in [-0.39, 0.29) is 17.9 Å². The first-order chi connectivity index (χ1) is 14.4. The number of methoxy groups -OCH3 is 1. The number of fused-ring (bicyclic) bond motifs is 1. The number of piperazine rings is 1. The van der Waals surface area contributed by atoms with Crippen molar-refractivity contribution in [2.75, 3.05) is 25.1 Å². The molecule has 1 saturated heterocycles. The summed E-state index contributed by atoms with van der Waals surface area (Å²) in [6, 6.07) is 8.75. The number of benzene rings is 1. The van der Waals surface area contributed by atoms with Crippen LogP contribution in [0, 0.1) is 0 Å². The lowest BCUT2D eigenvalue weighted by atomic mass is 10.1. The summed E-state index contributed by atoms with van der Waals surface area (Å²) in [7, 11) is 1.60. The van der Waals surface area contributed by atoms with Crippen molar-refractivity contribution in [1.29, 1.82) is 0 Å². The van der Waals surface area contributed by atoms with E-state index in [1.54, 1.807) is 42.4 Å². The maximum Gasteiger partial charge on any atom is 0.256 e. The van der Waals surface area contributed by atoms with Crippen LogP contribution in [0.3, 0.4) is 0 Å². The van der Waals surface area contributed by atoms with Gasteiger partial charge in [-0.3, -0.25) is 9.59 Å². The number of imidazole rings is 1. The zero-order valence-electron chi connectivity index (χ0n) is 17.6. The molecule has 1 aliphatic rings. The highest BCUT2D eigenvalue weighted by atomic mass is 16.5. The van der Waals surface area contributed by atoms with Crippen LogP contribution in [0.2, 0.25) is 0 Å². The molecule has 156 valence electrons. The Kier molecular flexibility index (Phi) is 5.15. The molecule has 8 nitrogen and oxygen atoms in total. The molecule has 2 amide bonds. The van der Waals surface area contributed by atoms with Gasteiger partial charge in [-0.2, -0.15) is 0 Å². The summed E-state index contributed by atoms with van der Waals surface area (Å²) >= 11 is 0. The molecule has 0 radical (unpaired) electrons. The second kappa shape index (κ2) is 7.78. The smallest absolute Gasteiger partial charge is 0.256 e. The minimum absolute atomic E-state index is 0.113. The lowest BCUT2D eigenvalue weighted by Gasteiger charge is -2.39. The number of nitrogens with zero attached hydrogens (tertiary/aromatic N) is 5. The van der Waals surface area contributed by atoms with Gasteiger partial charge < -0.3 is 19.1 Å². The third-order valence-corrected chi connectivity index (χ3v) is 5.52. The van der Waals surface area contributed by atoms with E-state index in [2.05, 4.69) is 23.8 Å². The summed E-state index contributed by atoms with van der Waals surface area (Å²) in [5.41, 5.74) is 2.65. The Morgan fingerprint density at radius 2 is 1.90 bits per heavy atom. The number of carbonyl (C=O) groups is 2. The molecule has 2 aromatic heterocycles. The Labute approximate surface area is 175 Å². The molecule has 30 heavy (non-hydrogen) atoms. The first-order valence-corrected chi connectivity index (χ1v) is 9.99.